The third-order valence-corrected chi connectivity index (χ3v) is 3.08. The van der Waals surface area contributed by atoms with Crippen molar-refractivity contribution in [1.82, 2.24) is 15.0 Å². The molecule has 1 aromatic heterocycles. The zero-order valence-electron chi connectivity index (χ0n) is 10.3. The summed E-state index contributed by atoms with van der Waals surface area (Å²) >= 11 is 0. The number of hydrogen-bond acceptors (Lipinski definition) is 6. The lowest BCUT2D eigenvalue weighted by atomic mass is 9.97. The zero-order valence-corrected chi connectivity index (χ0v) is 10.3. The highest BCUT2D eigenvalue weighted by molar-refractivity contribution is 5.70. The molecule has 0 bridgehead atoms. The third-order valence-electron chi connectivity index (χ3n) is 3.08. The molecule has 0 unspecified atom stereocenters. The van der Waals surface area contributed by atoms with E-state index in [4.69, 9.17) is 14.4 Å². The van der Waals surface area contributed by atoms with Gasteiger partial charge in [0.25, 0.3) is 0 Å². The molecule has 0 saturated carbocycles. The number of aromatic nitrogens is 2. The molecule has 1 saturated heterocycles. The largest absolute Gasteiger partial charge is 0.481 e. The van der Waals surface area contributed by atoms with Crippen LogP contribution < -0.4 is 0 Å². The Morgan fingerprint density at radius 3 is 2.89 bits per heavy atom. The van der Waals surface area contributed by atoms with Gasteiger partial charge in [-0.2, -0.15) is 4.98 Å². The summed E-state index contributed by atoms with van der Waals surface area (Å²) in [5.41, 5.74) is 0. The van der Waals surface area contributed by atoms with Gasteiger partial charge in [0.15, 0.2) is 5.82 Å². The normalized spacial score (nSPS) is 18.1. The van der Waals surface area contributed by atoms with Crippen molar-refractivity contribution >= 4 is 5.97 Å². The van der Waals surface area contributed by atoms with E-state index in [2.05, 4.69) is 15.0 Å². The van der Waals surface area contributed by atoms with Gasteiger partial charge in [0.2, 0.25) is 5.89 Å². The maximum atomic E-state index is 10.8. The zero-order chi connectivity index (χ0) is 13.0. The average molecular weight is 255 g/mol. The number of rotatable bonds is 5. The molecule has 7 nitrogen and oxygen atoms in total. The number of likely N-dealkylation sites (tertiary alicyclic amines) is 1. The predicted molar refractivity (Wildman–Crippen MR) is 60.6 cm³/mol. The fourth-order valence-electron chi connectivity index (χ4n) is 2.07. The predicted octanol–water partition coefficient (Wildman–Crippen LogP) is 0.513. The Hall–Kier alpha value is -1.47. The van der Waals surface area contributed by atoms with Crippen molar-refractivity contribution in [2.24, 2.45) is 5.92 Å². The van der Waals surface area contributed by atoms with E-state index in [9.17, 15) is 4.79 Å². The summed E-state index contributed by atoms with van der Waals surface area (Å²) in [5.74, 6) is 0.173. The van der Waals surface area contributed by atoms with Crippen molar-refractivity contribution in [3.63, 3.8) is 0 Å². The van der Waals surface area contributed by atoms with Crippen LogP contribution in [0.4, 0.5) is 0 Å². The van der Waals surface area contributed by atoms with E-state index in [0.29, 0.717) is 37.7 Å². The first-order valence-electron chi connectivity index (χ1n) is 5.94. The van der Waals surface area contributed by atoms with E-state index in [0.717, 1.165) is 13.1 Å². The lowest BCUT2D eigenvalue weighted by Gasteiger charge is -2.28. The van der Waals surface area contributed by atoms with Gasteiger partial charge in [-0.25, -0.2) is 0 Å². The molecule has 1 N–H and O–H groups in total. The van der Waals surface area contributed by atoms with Gasteiger partial charge in [0.05, 0.1) is 12.5 Å². The van der Waals surface area contributed by atoms with E-state index in [1.165, 1.54) is 0 Å². The molecule has 100 valence electrons. The number of carbonyl (C=O) groups is 1. The Morgan fingerprint density at radius 1 is 1.56 bits per heavy atom. The molecular formula is C11H17N3O4. The Kier molecular flexibility index (Phi) is 4.27. The van der Waals surface area contributed by atoms with Gasteiger partial charge in [0.1, 0.15) is 6.61 Å². The second-order valence-electron chi connectivity index (χ2n) is 4.43. The van der Waals surface area contributed by atoms with E-state index >= 15 is 0 Å². The number of piperidine rings is 1. The highest BCUT2D eigenvalue weighted by Gasteiger charge is 2.25. The van der Waals surface area contributed by atoms with Gasteiger partial charge < -0.3 is 14.4 Å². The topological polar surface area (TPSA) is 88.7 Å². The summed E-state index contributed by atoms with van der Waals surface area (Å²) in [4.78, 5) is 17.1. The third kappa shape index (κ3) is 3.27. The number of carboxylic acid groups (broad SMARTS) is 1. The SMILES string of the molecule is COCc1noc(CN2CCC(C(=O)O)CC2)n1. The molecule has 0 aliphatic carbocycles. The van der Waals surface area contributed by atoms with Crippen LogP contribution in [-0.4, -0.2) is 46.3 Å². The summed E-state index contributed by atoms with van der Waals surface area (Å²) in [6.07, 6.45) is 1.35. The second kappa shape index (κ2) is 5.92. The minimum absolute atomic E-state index is 0.215. The van der Waals surface area contributed by atoms with E-state index in [1.54, 1.807) is 7.11 Å². The van der Waals surface area contributed by atoms with Crippen LogP contribution in [0.1, 0.15) is 24.6 Å². The molecule has 18 heavy (non-hydrogen) atoms. The molecular weight excluding hydrogens is 238 g/mol. The highest BCUT2D eigenvalue weighted by atomic mass is 16.5. The molecule has 0 spiro atoms. The number of ether oxygens (including phenoxy) is 1. The van der Waals surface area contributed by atoms with Crippen molar-refractivity contribution < 1.29 is 19.2 Å². The lowest BCUT2D eigenvalue weighted by molar-refractivity contribution is -0.143. The van der Waals surface area contributed by atoms with Crippen LogP contribution in [0.2, 0.25) is 0 Å². The number of methoxy groups -OCH3 is 1. The molecule has 0 atom stereocenters. The number of aliphatic carboxylic acids is 1. The van der Waals surface area contributed by atoms with Crippen LogP contribution in [0.15, 0.2) is 4.52 Å². The molecule has 0 aromatic carbocycles. The number of hydrogen-bond donors (Lipinski definition) is 1. The van der Waals surface area contributed by atoms with Crippen LogP contribution in [0.3, 0.4) is 0 Å². The second-order valence-corrected chi connectivity index (χ2v) is 4.43. The molecule has 0 radical (unpaired) electrons. The minimum atomic E-state index is -0.699. The summed E-state index contributed by atoms with van der Waals surface area (Å²) in [6.45, 7) is 2.41. The van der Waals surface area contributed by atoms with Gasteiger partial charge in [-0.15, -0.1) is 0 Å². The van der Waals surface area contributed by atoms with Crippen molar-refractivity contribution in [1.29, 1.82) is 0 Å². The molecule has 7 heteroatoms. The smallest absolute Gasteiger partial charge is 0.306 e. The Balaban J connectivity index is 1.81. The fraction of sp³-hybridized carbons (Fsp3) is 0.727. The van der Waals surface area contributed by atoms with E-state index < -0.39 is 5.97 Å². The maximum absolute atomic E-state index is 10.8. The first-order valence-corrected chi connectivity index (χ1v) is 5.94. The first-order chi connectivity index (χ1) is 8.69. The quantitative estimate of drug-likeness (QED) is 0.820. The molecule has 1 aliphatic rings. The van der Waals surface area contributed by atoms with Crippen LogP contribution >= 0.6 is 0 Å². The van der Waals surface area contributed by atoms with Crippen molar-refractivity contribution in [2.45, 2.75) is 26.0 Å². The fourth-order valence-corrected chi connectivity index (χ4v) is 2.07. The van der Waals surface area contributed by atoms with Gasteiger partial charge in [0, 0.05) is 7.11 Å². The Morgan fingerprint density at radius 2 is 2.28 bits per heavy atom. The monoisotopic (exact) mass is 255 g/mol. The summed E-state index contributed by atoms with van der Waals surface area (Å²) in [7, 11) is 1.58. The average Bonchev–Trinajstić information content (AvgIpc) is 2.78. The molecule has 2 rings (SSSR count). The van der Waals surface area contributed by atoms with Crippen molar-refractivity contribution in [3.8, 4) is 0 Å². The standard InChI is InChI=1S/C11H17N3O4/c1-17-7-9-12-10(18-13-9)6-14-4-2-8(3-5-14)11(15)16/h8H,2-7H2,1H3,(H,15,16). The van der Waals surface area contributed by atoms with Gasteiger partial charge in [-0.1, -0.05) is 5.16 Å². The number of carboxylic acids is 1. The van der Waals surface area contributed by atoms with Crippen LogP contribution in [0, 0.1) is 5.92 Å². The molecule has 1 aromatic rings. The minimum Gasteiger partial charge on any atom is -0.481 e. The van der Waals surface area contributed by atoms with Crippen molar-refractivity contribution in [3.05, 3.63) is 11.7 Å². The Bertz CT molecular complexity index is 399. The summed E-state index contributed by atoms with van der Waals surface area (Å²) in [6, 6.07) is 0. The van der Waals surface area contributed by atoms with Crippen LogP contribution in [0.25, 0.3) is 0 Å². The van der Waals surface area contributed by atoms with Crippen molar-refractivity contribution in [2.75, 3.05) is 20.2 Å². The van der Waals surface area contributed by atoms with Crippen LogP contribution in [-0.2, 0) is 22.7 Å². The molecule has 2 heterocycles. The highest BCUT2D eigenvalue weighted by Crippen LogP contribution is 2.18. The summed E-state index contributed by atoms with van der Waals surface area (Å²) in [5, 5.41) is 12.7. The number of nitrogens with zero attached hydrogens (tertiary/aromatic N) is 3. The lowest BCUT2D eigenvalue weighted by Crippen LogP contribution is -2.35. The van der Waals surface area contributed by atoms with E-state index in [1.807, 2.05) is 0 Å². The van der Waals surface area contributed by atoms with Gasteiger partial charge in [-0.05, 0) is 25.9 Å². The summed E-state index contributed by atoms with van der Waals surface area (Å²) < 4.78 is 10.0. The van der Waals surface area contributed by atoms with Gasteiger partial charge >= 0.3 is 5.97 Å². The molecule has 1 fully saturated rings. The van der Waals surface area contributed by atoms with Gasteiger partial charge in [-0.3, -0.25) is 9.69 Å². The van der Waals surface area contributed by atoms with E-state index in [-0.39, 0.29) is 5.92 Å². The van der Waals surface area contributed by atoms with Crippen LogP contribution in [0.5, 0.6) is 0 Å². The first kappa shape index (κ1) is 13.0. The molecule has 0 amide bonds. The molecule has 1 aliphatic heterocycles. The Labute approximate surface area is 105 Å². The maximum Gasteiger partial charge on any atom is 0.306 e.